The maximum atomic E-state index is 14.4. The number of halogens is 1. The van der Waals surface area contributed by atoms with Crippen molar-refractivity contribution < 1.29 is 9.13 Å². The Bertz CT molecular complexity index is 1490. The number of aliphatic imine (C=N–C) groups is 1. The normalized spacial score (nSPS) is 24.5. The third kappa shape index (κ3) is 6.91. The van der Waals surface area contributed by atoms with Crippen molar-refractivity contribution >= 4 is 22.5 Å². The van der Waals surface area contributed by atoms with Crippen LogP contribution in [0.3, 0.4) is 0 Å². The van der Waals surface area contributed by atoms with E-state index < -0.39 is 0 Å². The van der Waals surface area contributed by atoms with E-state index in [1.54, 1.807) is 18.2 Å². The van der Waals surface area contributed by atoms with E-state index in [9.17, 15) is 9.18 Å². The number of hydrogen-bond donors (Lipinski definition) is 2. The number of anilines is 1. The summed E-state index contributed by atoms with van der Waals surface area (Å²) < 4.78 is 20.8. The summed E-state index contributed by atoms with van der Waals surface area (Å²) >= 11 is 0. The lowest BCUT2D eigenvalue weighted by Gasteiger charge is -2.41. The number of hydrogen-bond acceptors (Lipinski definition) is 6. The Kier molecular flexibility index (Phi) is 8.82. The zero-order valence-corrected chi connectivity index (χ0v) is 25.7. The van der Waals surface area contributed by atoms with Gasteiger partial charge in [0, 0.05) is 36.9 Å². The van der Waals surface area contributed by atoms with E-state index in [4.69, 9.17) is 9.73 Å². The lowest BCUT2D eigenvalue weighted by molar-refractivity contribution is 0.168. The number of nitrogens with zero attached hydrogens (tertiary/aromatic N) is 5. The third-order valence-electron chi connectivity index (χ3n) is 8.63. The van der Waals surface area contributed by atoms with Crippen LogP contribution in [0.5, 0.6) is 5.75 Å². The van der Waals surface area contributed by atoms with E-state index >= 15 is 0 Å². The molecular formula is C32H44FN7O2. The highest BCUT2D eigenvalue weighted by Crippen LogP contribution is 2.40. The van der Waals surface area contributed by atoms with Gasteiger partial charge in [-0.25, -0.2) is 14.1 Å². The molecule has 5 rings (SSSR count). The Balaban J connectivity index is 1.37. The fraction of sp³-hybridized carbons (Fsp3) is 0.562. The Morgan fingerprint density at radius 1 is 1.17 bits per heavy atom. The number of guanidine groups is 1. The zero-order valence-electron chi connectivity index (χ0n) is 25.7. The van der Waals surface area contributed by atoms with Crippen molar-refractivity contribution in [1.29, 1.82) is 0 Å². The van der Waals surface area contributed by atoms with Gasteiger partial charge in [-0.15, -0.1) is 5.10 Å². The van der Waals surface area contributed by atoms with Crippen LogP contribution in [-0.4, -0.2) is 64.2 Å². The number of fused-ring (bicyclic) bond motifs is 1. The molecule has 0 radical (unpaired) electrons. The minimum Gasteiger partial charge on any atom is -0.497 e. The summed E-state index contributed by atoms with van der Waals surface area (Å²) in [5.41, 5.74) is 1.91. The van der Waals surface area contributed by atoms with Crippen molar-refractivity contribution in [3.05, 3.63) is 58.1 Å². The molecule has 1 saturated carbocycles. The van der Waals surface area contributed by atoms with Gasteiger partial charge in [-0.05, 0) is 80.7 Å². The Hall–Kier alpha value is -3.53. The molecule has 42 heavy (non-hydrogen) atoms. The monoisotopic (exact) mass is 577 g/mol. The van der Waals surface area contributed by atoms with Crippen LogP contribution in [-0.2, 0) is 13.0 Å². The highest BCUT2D eigenvalue weighted by molar-refractivity contribution is 5.96. The van der Waals surface area contributed by atoms with Gasteiger partial charge in [-0.1, -0.05) is 32.1 Å². The standard InChI is InChI=1S/C32H44FN7O2/c1-20-17-32(4,5)13-11-28(20)36-31(39-18-21(2)34-22(3)19-39)35-24-8-10-26-29(15-24)37-38-40(30(26)41)14-12-23-7-9-25(42-6)16-27(23)33/h7-10,15-16,20-22,28,34H,11-14,17-19H2,1-6H3,(H,35,36)/t20-,21-,22+,28-/m0/s1. The third-order valence-corrected chi connectivity index (χ3v) is 8.63. The van der Waals surface area contributed by atoms with Crippen molar-refractivity contribution in [3.8, 4) is 5.75 Å². The first kappa shape index (κ1) is 29.9. The van der Waals surface area contributed by atoms with Gasteiger partial charge in [0.15, 0.2) is 5.96 Å². The van der Waals surface area contributed by atoms with Crippen LogP contribution in [0.2, 0.25) is 0 Å². The van der Waals surface area contributed by atoms with Crippen molar-refractivity contribution in [2.24, 2.45) is 16.3 Å². The maximum Gasteiger partial charge on any atom is 0.277 e. The van der Waals surface area contributed by atoms with E-state index in [2.05, 4.69) is 60.5 Å². The molecule has 4 atom stereocenters. The number of nitrogens with one attached hydrogen (secondary N) is 2. The topological polar surface area (TPSA) is 96.7 Å². The molecular weight excluding hydrogens is 533 g/mol. The highest BCUT2D eigenvalue weighted by Gasteiger charge is 2.33. The van der Waals surface area contributed by atoms with Gasteiger partial charge in [-0.2, -0.15) is 0 Å². The molecule has 0 unspecified atom stereocenters. The molecule has 10 heteroatoms. The van der Waals surface area contributed by atoms with Gasteiger partial charge in [-0.3, -0.25) is 4.79 Å². The van der Waals surface area contributed by atoms with E-state index in [-0.39, 0.29) is 24.0 Å². The largest absolute Gasteiger partial charge is 0.497 e. The Morgan fingerprint density at radius 3 is 2.62 bits per heavy atom. The molecule has 9 nitrogen and oxygen atoms in total. The minimum atomic E-state index is -0.371. The van der Waals surface area contributed by atoms with Crippen molar-refractivity contribution in [2.75, 3.05) is 25.5 Å². The summed E-state index contributed by atoms with van der Waals surface area (Å²) in [5.74, 6) is 1.45. The molecule has 0 spiro atoms. The molecule has 226 valence electrons. The maximum absolute atomic E-state index is 14.4. The van der Waals surface area contributed by atoms with Crippen LogP contribution in [0.1, 0.15) is 59.4 Å². The SMILES string of the molecule is COc1ccc(CCn2nnc3cc(NC(=N[C@H]4CCC(C)(C)C[C@@H]4C)N4C[C@@H](C)N[C@@H](C)C4)ccc3c2=O)c(F)c1. The first-order chi connectivity index (χ1) is 20.0. The molecule has 3 aromatic rings. The predicted molar refractivity (Wildman–Crippen MR) is 166 cm³/mol. The van der Waals surface area contributed by atoms with Crippen LogP contribution in [0.4, 0.5) is 10.1 Å². The summed E-state index contributed by atoms with van der Waals surface area (Å²) in [4.78, 5) is 20.9. The van der Waals surface area contributed by atoms with Crippen LogP contribution < -0.4 is 20.9 Å². The van der Waals surface area contributed by atoms with Gasteiger partial charge in [0.2, 0.25) is 0 Å². The molecule has 1 aliphatic carbocycles. The lowest BCUT2D eigenvalue weighted by Crippen LogP contribution is -2.57. The van der Waals surface area contributed by atoms with E-state index in [1.165, 1.54) is 17.9 Å². The van der Waals surface area contributed by atoms with Crippen molar-refractivity contribution in [3.63, 3.8) is 0 Å². The van der Waals surface area contributed by atoms with E-state index in [1.807, 2.05) is 12.1 Å². The van der Waals surface area contributed by atoms with Crippen molar-refractivity contribution in [2.45, 2.75) is 85.0 Å². The van der Waals surface area contributed by atoms with Crippen LogP contribution >= 0.6 is 0 Å². The highest BCUT2D eigenvalue weighted by atomic mass is 19.1. The number of benzene rings is 2. The average Bonchev–Trinajstić information content (AvgIpc) is 2.93. The summed E-state index contributed by atoms with van der Waals surface area (Å²) in [6.07, 6.45) is 3.70. The van der Waals surface area contributed by atoms with Crippen LogP contribution in [0.15, 0.2) is 46.2 Å². The molecule has 0 bridgehead atoms. The first-order valence-corrected chi connectivity index (χ1v) is 15.1. The average molecular weight is 578 g/mol. The number of piperazine rings is 1. The van der Waals surface area contributed by atoms with Gasteiger partial charge >= 0.3 is 0 Å². The summed E-state index contributed by atoms with van der Waals surface area (Å²) in [7, 11) is 1.50. The summed E-state index contributed by atoms with van der Waals surface area (Å²) in [6.45, 7) is 13.4. The van der Waals surface area contributed by atoms with Crippen LogP contribution in [0.25, 0.3) is 10.9 Å². The van der Waals surface area contributed by atoms with Gasteiger partial charge in [0.25, 0.3) is 5.56 Å². The van der Waals surface area contributed by atoms with Gasteiger partial charge < -0.3 is 20.3 Å². The van der Waals surface area contributed by atoms with Gasteiger partial charge in [0.05, 0.1) is 25.1 Å². The molecule has 2 N–H and O–H groups in total. The minimum absolute atomic E-state index is 0.220. The molecule has 2 fully saturated rings. The quantitative estimate of drug-likeness (QED) is 0.320. The molecule has 2 aromatic carbocycles. The number of methoxy groups -OCH3 is 1. The lowest BCUT2D eigenvalue weighted by atomic mass is 9.71. The smallest absolute Gasteiger partial charge is 0.277 e. The van der Waals surface area contributed by atoms with Crippen LogP contribution in [0, 0.1) is 17.2 Å². The molecule has 1 saturated heterocycles. The summed E-state index contributed by atoms with van der Waals surface area (Å²) in [6, 6.07) is 11.2. The number of rotatable bonds is 6. The second kappa shape index (κ2) is 12.4. The first-order valence-electron chi connectivity index (χ1n) is 15.1. The molecule has 2 heterocycles. The van der Waals surface area contributed by atoms with Gasteiger partial charge in [0.1, 0.15) is 17.1 Å². The second-order valence-electron chi connectivity index (χ2n) is 13.0. The fourth-order valence-corrected chi connectivity index (χ4v) is 6.49. The predicted octanol–water partition coefficient (Wildman–Crippen LogP) is 4.85. The Morgan fingerprint density at radius 2 is 1.93 bits per heavy atom. The molecule has 1 aliphatic heterocycles. The second-order valence-corrected chi connectivity index (χ2v) is 13.0. The fourth-order valence-electron chi connectivity index (χ4n) is 6.49. The van der Waals surface area contributed by atoms with E-state index in [0.29, 0.717) is 52.1 Å². The summed E-state index contributed by atoms with van der Waals surface area (Å²) in [5, 5.41) is 16.2. The van der Waals surface area contributed by atoms with Crippen molar-refractivity contribution in [1.82, 2.24) is 25.2 Å². The Labute approximate surface area is 247 Å². The number of ether oxygens (including phenoxy) is 1. The number of aromatic nitrogens is 3. The van der Waals surface area contributed by atoms with E-state index in [0.717, 1.165) is 44.0 Å². The number of aryl methyl sites for hydroxylation is 2. The molecule has 0 amide bonds. The zero-order chi connectivity index (χ0) is 30.0. The molecule has 1 aromatic heterocycles. The molecule has 2 aliphatic rings.